The van der Waals surface area contributed by atoms with Crippen LogP contribution in [0.4, 0.5) is 5.69 Å². The molecule has 4 nitrogen and oxygen atoms in total. The highest BCUT2D eigenvalue weighted by molar-refractivity contribution is 7.91. The number of hydrogen-bond acceptors (Lipinski definition) is 4. The van der Waals surface area contributed by atoms with Gasteiger partial charge in [-0.1, -0.05) is 13.3 Å². The van der Waals surface area contributed by atoms with Crippen LogP contribution in [0.15, 0.2) is 29.2 Å². The predicted molar refractivity (Wildman–Crippen MR) is 78.3 cm³/mol. The summed E-state index contributed by atoms with van der Waals surface area (Å²) in [5.41, 5.74) is 0.990. The Balaban J connectivity index is 2.02. The van der Waals surface area contributed by atoms with Crippen molar-refractivity contribution in [2.24, 2.45) is 0 Å². The minimum atomic E-state index is -3.09. The van der Waals surface area contributed by atoms with Gasteiger partial charge in [-0.3, -0.25) is 0 Å². The third kappa shape index (κ3) is 3.94. The molecule has 1 fully saturated rings. The molecule has 1 saturated heterocycles. The van der Waals surface area contributed by atoms with Crippen molar-refractivity contribution in [3.8, 4) is 0 Å². The summed E-state index contributed by atoms with van der Waals surface area (Å²) in [5.74, 6) is 0.145. The van der Waals surface area contributed by atoms with Crippen molar-refractivity contribution in [2.45, 2.75) is 37.1 Å². The van der Waals surface area contributed by atoms with Crippen LogP contribution in [0.3, 0.4) is 0 Å². The molecule has 1 atom stereocenters. The Morgan fingerprint density at radius 2 is 2.00 bits per heavy atom. The van der Waals surface area contributed by atoms with E-state index in [0.29, 0.717) is 10.9 Å². The molecule has 0 amide bonds. The van der Waals surface area contributed by atoms with Gasteiger partial charge in [-0.15, -0.1) is 0 Å². The molecule has 1 unspecified atom stereocenters. The Hall–Kier alpha value is -1.07. The van der Waals surface area contributed by atoms with E-state index >= 15 is 0 Å². The summed E-state index contributed by atoms with van der Waals surface area (Å²) >= 11 is 0. The van der Waals surface area contributed by atoms with E-state index in [2.05, 4.69) is 10.6 Å². The van der Waals surface area contributed by atoms with Crippen LogP contribution in [0.25, 0.3) is 0 Å². The van der Waals surface area contributed by atoms with Gasteiger partial charge in [0.1, 0.15) is 0 Å². The van der Waals surface area contributed by atoms with Crippen LogP contribution in [0.2, 0.25) is 0 Å². The molecular weight excluding hydrogens is 260 g/mol. The zero-order chi connectivity index (χ0) is 13.7. The highest BCUT2D eigenvalue weighted by atomic mass is 32.2. The van der Waals surface area contributed by atoms with E-state index in [1.165, 1.54) is 12.8 Å². The van der Waals surface area contributed by atoms with Crippen molar-refractivity contribution in [3.05, 3.63) is 24.3 Å². The molecule has 0 aliphatic carbocycles. The predicted octanol–water partition coefficient (Wildman–Crippen LogP) is 2.03. The highest BCUT2D eigenvalue weighted by Gasteiger charge is 2.13. The zero-order valence-corrected chi connectivity index (χ0v) is 12.2. The summed E-state index contributed by atoms with van der Waals surface area (Å²) in [7, 11) is -3.09. The SMILES string of the molecule is CCS(=O)(=O)c1ccc(NC2CCCCNC2)cc1. The van der Waals surface area contributed by atoms with Gasteiger partial charge < -0.3 is 10.6 Å². The van der Waals surface area contributed by atoms with Crippen molar-refractivity contribution >= 4 is 15.5 Å². The molecule has 0 aromatic heterocycles. The average Bonchev–Trinajstić information content (AvgIpc) is 2.68. The fourth-order valence-corrected chi connectivity index (χ4v) is 3.19. The zero-order valence-electron chi connectivity index (χ0n) is 11.4. The summed E-state index contributed by atoms with van der Waals surface area (Å²) in [6.45, 7) is 3.72. The monoisotopic (exact) mass is 282 g/mol. The van der Waals surface area contributed by atoms with Crippen LogP contribution in [0, 0.1) is 0 Å². The number of rotatable bonds is 4. The Kier molecular flexibility index (Phi) is 4.82. The molecule has 1 heterocycles. The van der Waals surface area contributed by atoms with E-state index in [9.17, 15) is 8.42 Å². The molecule has 2 rings (SSSR count). The molecule has 2 N–H and O–H groups in total. The van der Waals surface area contributed by atoms with Gasteiger partial charge in [0, 0.05) is 18.3 Å². The summed E-state index contributed by atoms with van der Waals surface area (Å²) in [6, 6.07) is 7.51. The van der Waals surface area contributed by atoms with Crippen molar-refractivity contribution in [1.82, 2.24) is 5.32 Å². The lowest BCUT2D eigenvalue weighted by molar-refractivity contribution is 0.597. The van der Waals surface area contributed by atoms with Crippen LogP contribution in [-0.2, 0) is 9.84 Å². The van der Waals surface area contributed by atoms with Crippen molar-refractivity contribution in [3.63, 3.8) is 0 Å². The van der Waals surface area contributed by atoms with Gasteiger partial charge in [0.2, 0.25) is 0 Å². The Morgan fingerprint density at radius 1 is 1.26 bits per heavy atom. The highest BCUT2D eigenvalue weighted by Crippen LogP contribution is 2.17. The lowest BCUT2D eigenvalue weighted by atomic mass is 10.1. The second-order valence-corrected chi connectivity index (χ2v) is 7.25. The Morgan fingerprint density at radius 3 is 2.68 bits per heavy atom. The van der Waals surface area contributed by atoms with Crippen molar-refractivity contribution < 1.29 is 8.42 Å². The fraction of sp³-hybridized carbons (Fsp3) is 0.571. The van der Waals surface area contributed by atoms with Gasteiger partial charge in [0.05, 0.1) is 10.6 Å². The van der Waals surface area contributed by atoms with Crippen LogP contribution < -0.4 is 10.6 Å². The van der Waals surface area contributed by atoms with Crippen LogP contribution in [0.5, 0.6) is 0 Å². The fourth-order valence-electron chi connectivity index (χ4n) is 2.30. The van der Waals surface area contributed by atoms with Gasteiger partial charge in [-0.25, -0.2) is 8.42 Å². The van der Waals surface area contributed by atoms with E-state index in [0.717, 1.165) is 25.2 Å². The first-order chi connectivity index (χ1) is 9.12. The summed E-state index contributed by atoms with van der Waals surface area (Å²) in [6.07, 6.45) is 3.61. The quantitative estimate of drug-likeness (QED) is 0.887. The average molecular weight is 282 g/mol. The molecule has 0 saturated carbocycles. The topological polar surface area (TPSA) is 58.2 Å². The molecule has 1 aromatic carbocycles. The van der Waals surface area contributed by atoms with Crippen molar-refractivity contribution in [2.75, 3.05) is 24.2 Å². The Labute approximate surface area is 115 Å². The first-order valence-corrected chi connectivity index (χ1v) is 8.57. The Bertz CT molecular complexity index is 489. The largest absolute Gasteiger partial charge is 0.381 e. The lowest BCUT2D eigenvalue weighted by Crippen LogP contribution is -2.30. The van der Waals surface area contributed by atoms with Gasteiger partial charge in [0.15, 0.2) is 9.84 Å². The van der Waals surface area contributed by atoms with E-state index < -0.39 is 9.84 Å². The first kappa shape index (κ1) is 14.3. The van der Waals surface area contributed by atoms with Gasteiger partial charge in [-0.05, 0) is 43.7 Å². The molecule has 1 aromatic rings. The van der Waals surface area contributed by atoms with Gasteiger partial charge >= 0.3 is 0 Å². The maximum atomic E-state index is 11.7. The molecular formula is C14H22N2O2S. The molecule has 1 aliphatic rings. The van der Waals surface area contributed by atoms with E-state index in [4.69, 9.17) is 0 Å². The van der Waals surface area contributed by atoms with Crippen molar-refractivity contribution in [1.29, 1.82) is 0 Å². The second kappa shape index (κ2) is 6.39. The molecule has 0 spiro atoms. The van der Waals surface area contributed by atoms with E-state index in [-0.39, 0.29) is 5.75 Å². The second-order valence-electron chi connectivity index (χ2n) is 4.97. The van der Waals surface area contributed by atoms with Gasteiger partial charge in [-0.2, -0.15) is 0 Å². The summed E-state index contributed by atoms with van der Waals surface area (Å²) in [4.78, 5) is 0.402. The maximum absolute atomic E-state index is 11.7. The standard InChI is InChI=1S/C14H22N2O2S/c1-2-19(17,18)14-8-6-12(7-9-14)16-13-5-3-4-10-15-11-13/h6-9,13,15-16H,2-5,10-11H2,1H3. The smallest absolute Gasteiger partial charge is 0.178 e. The molecule has 0 radical (unpaired) electrons. The van der Waals surface area contributed by atoms with Crippen LogP contribution in [0.1, 0.15) is 26.2 Å². The minimum absolute atomic E-state index is 0.145. The normalized spacial score (nSPS) is 20.8. The number of hydrogen-bond donors (Lipinski definition) is 2. The summed E-state index contributed by atoms with van der Waals surface area (Å²) in [5, 5.41) is 6.86. The number of anilines is 1. The van der Waals surface area contributed by atoms with Gasteiger partial charge in [0.25, 0.3) is 0 Å². The molecule has 106 valence electrons. The molecule has 19 heavy (non-hydrogen) atoms. The van der Waals surface area contributed by atoms with E-state index in [1.807, 2.05) is 12.1 Å². The van der Waals surface area contributed by atoms with Crippen LogP contribution in [-0.4, -0.2) is 33.3 Å². The minimum Gasteiger partial charge on any atom is -0.381 e. The third-order valence-corrected chi connectivity index (χ3v) is 5.26. The number of sulfone groups is 1. The maximum Gasteiger partial charge on any atom is 0.178 e. The first-order valence-electron chi connectivity index (χ1n) is 6.92. The molecule has 5 heteroatoms. The number of benzene rings is 1. The molecule has 0 bridgehead atoms. The third-order valence-electron chi connectivity index (χ3n) is 3.51. The summed E-state index contributed by atoms with van der Waals surface area (Å²) < 4.78 is 23.4. The van der Waals surface area contributed by atoms with E-state index in [1.54, 1.807) is 19.1 Å². The number of nitrogens with one attached hydrogen (secondary N) is 2. The lowest BCUT2D eigenvalue weighted by Gasteiger charge is -2.18. The molecule has 1 aliphatic heterocycles. The van der Waals surface area contributed by atoms with Crippen LogP contribution >= 0.6 is 0 Å².